The van der Waals surface area contributed by atoms with Crippen molar-refractivity contribution in [2.45, 2.75) is 38.6 Å². The van der Waals surface area contributed by atoms with Gasteiger partial charge in [-0.2, -0.15) is 0 Å². The quantitative estimate of drug-likeness (QED) is 0.853. The predicted octanol–water partition coefficient (Wildman–Crippen LogP) is 5.04. The highest BCUT2D eigenvalue weighted by atomic mass is 79.9. The fourth-order valence-corrected chi connectivity index (χ4v) is 3.29. The first kappa shape index (κ1) is 13.2. The highest BCUT2D eigenvalue weighted by molar-refractivity contribution is 9.10. The highest BCUT2D eigenvalue weighted by Gasteiger charge is 2.17. The van der Waals surface area contributed by atoms with Crippen LogP contribution in [0.1, 0.15) is 44.4 Å². The number of fused-ring (bicyclic) bond motifs is 1. The SMILES string of the molecule is CC(NCC1CCCC1)c1cc2cc(Br)ccc2o1. The maximum absolute atomic E-state index is 5.92. The highest BCUT2D eigenvalue weighted by Crippen LogP contribution is 2.28. The molecule has 102 valence electrons. The summed E-state index contributed by atoms with van der Waals surface area (Å²) in [6.07, 6.45) is 5.57. The second kappa shape index (κ2) is 5.68. The lowest BCUT2D eigenvalue weighted by Crippen LogP contribution is -2.24. The Bertz CT molecular complexity index is 557. The molecule has 0 aliphatic heterocycles. The minimum absolute atomic E-state index is 0.284. The zero-order valence-corrected chi connectivity index (χ0v) is 12.9. The van der Waals surface area contributed by atoms with E-state index >= 15 is 0 Å². The number of hydrogen-bond donors (Lipinski definition) is 1. The summed E-state index contributed by atoms with van der Waals surface area (Å²) in [5.74, 6) is 1.90. The van der Waals surface area contributed by atoms with E-state index in [1.54, 1.807) is 0 Å². The second-order valence-electron chi connectivity index (χ2n) is 5.61. The minimum Gasteiger partial charge on any atom is -0.459 e. The van der Waals surface area contributed by atoms with E-state index in [0.717, 1.165) is 28.3 Å². The van der Waals surface area contributed by atoms with Gasteiger partial charge in [-0.25, -0.2) is 0 Å². The van der Waals surface area contributed by atoms with Crippen LogP contribution in [0.2, 0.25) is 0 Å². The summed E-state index contributed by atoms with van der Waals surface area (Å²) in [6, 6.07) is 8.57. The summed E-state index contributed by atoms with van der Waals surface area (Å²) < 4.78 is 7.01. The van der Waals surface area contributed by atoms with Crippen LogP contribution in [-0.4, -0.2) is 6.54 Å². The number of rotatable bonds is 4. The van der Waals surface area contributed by atoms with Crippen molar-refractivity contribution in [1.29, 1.82) is 0 Å². The Morgan fingerprint density at radius 2 is 2.11 bits per heavy atom. The third-order valence-electron chi connectivity index (χ3n) is 4.11. The van der Waals surface area contributed by atoms with Gasteiger partial charge in [0.25, 0.3) is 0 Å². The van der Waals surface area contributed by atoms with Gasteiger partial charge in [-0.15, -0.1) is 0 Å². The molecule has 0 spiro atoms. The maximum atomic E-state index is 5.92. The molecule has 1 fully saturated rings. The number of hydrogen-bond acceptors (Lipinski definition) is 2. The third-order valence-corrected chi connectivity index (χ3v) is 4.60. The van der Waals surface area contributed by atoms with Gasteiger partial charge in [0, 0.05) is 9.86 Å². The van der Waals surface area contributed by atoms with Gasteiger partial charge in [0.1, 0.15) is 11.3 Å². The van der Waals surface area contributed by atoms with Crippen molar-refractivity contribution >= 4 is 26.9 Å². The van der Waals surface area contributed by atoms with Crippen LogP contribution in [0.15, 0.2) is 33.2 Å². The smallest absolute Gasteiger partial charge is 0.134 e. The van der Waals surface area contributed by atoms with Crippen molar-refractivity contribution in [3.63, 3.8) is 0 Å². The molecule has 19 heavy (non-hydrogen) atoms. The molecule has 0 amide bonds. The molecule has 0 saturated heterocycles. The number of furan rings is 1. The molecule has 0 bridgehead atoms. The molecule has 1 heterocycles. The van der Waals surface area contributed by atoms with Crippen LogP contribution in [0, 0.1) is 5.92 Å². The van der Waals surface area contributed by atoms with Crippen molar-refractivity contribution in [1.82, 2.24) is 5.32 Å². The Hall–Kier alpha value is -0.800. The summed E-state index contributed by atoms with van der Waals surface area (Å²) in [5, 5.41) is 4.78. The Morgan fingerprint density at radius 3 is 2.89 bits per heavy atom. The monoisotopic (exact) mass is 321 g/mol. The number of halogens is 1. The lowest BCUT2D eigenvalue weighted by Gasteiger charge is -2.15. The lowest BCUT2D eigenvalue weighted by atomic mass is 10.1. The zero-order chi connectivity index (χ0) is 13.2. The molecule has 1 atom stereocenters. The summed E-state index contributed by atoms with van der Waals surface area (Å²) in [4.78, 5) is 0. The third kappa shape index (κ3) is 3.03. The topological polar surface area (TPSA) is 25.2 Å². The van der Waals surface area contributed by atoms with Crippen molar-refractivity contribution in [3.05, 3.63) is 34.5 Å². The van der Waals surface area contributed by atoms with E-state index < -0.39 is 0 Å². The molecule has 1 aromatic carbocycles. The molecule has 1 saturated carbocycles. The molecule has 1 unspecified atom stereocenters. The van der Waals surface area contributed by atoms with Crippen LogP contribution in [-0.2, 0) is 0 Å². The van der Waals surface area contributed by atoms with Gasteiger partial charge < -0.3 is 9.73 Å². The first-order valence-electron chi connectivity index (χ1n) is 7.15. The molecular weight excluding hydrogens is 302 g/mol. The van der Waals surface area contributed by atoms with E-state index in [1.807, 2.05) is 12.1 Å². The first-order chi connectivity index (χ1) is 9.22. The largest absolute Gasteiger partial charge is 0.459 e. The van der Waals surface area contributed by atoms with Gasteiger partial charge in [0.2, 0.25) is 0 Å². The molecule has 0 radical (unpaired) electrons. The molecule has 2 aromatic rings. The van der Waals surface area contributed by atoms with Gasteiger partial charge >= 0.3 is 0 Å². The fourth-order valence-electron chi connectivity index (χ4n) is 2.91. The fraction of sp³-hybridized carbons (Fsp3) is 0.500. The molecule has 2 nitrogen and oxygen atoms in total. The lowest BCUT2D eigenvalue weighted by molar-refractivity contribution is 0.407. The molecule has 3 rings (SSSR count). The van der Waals surface area contributed by atoms with Gasteiger partial charge in [-0.1, -0.05) is 28.8 Å². The van der Waals surface area contributed by atoms with Gasteiger partial charge in [-0.3, -0.25) is 0 Å². The summed E-state index contributed by atoms with van der Waals surface area (Å²) in [6.45, 7) is 3.30. The number of nitrogens with one attached hydrogen (secondary N) is 1. The standard InChI is InChI=1S/C16H20BrNO/c1-11(18-10-12-4-2-3-5-12)16-9-13-8-14(17)6-7-15(13)19-16/h6-9,11-12,18H,2-5,10H2,1H3. The van der Waals surface area contributed by atoms with Crippen LogP contribution in [0.4, 0.5) is 0 Å². The zero-order valence-electron chi connectivity index (χ0n) is 11.3. The molecule has 1 aliphatic rings. The normalized spacial score (nSPS) is 18.2. The molecule has 3 heteroatoms. The average Bonchev–Trinajstić information content (AvgIpc) is 3.04. The molecule has 1 aromatic heterocycles. The average molecular weight is 322 g/mol. The van der Waals surface area contributed by atoms with Gasteiger partial charge in [0.05, 0.1) is 6.04 Å². The summed E-state index contributed by atoms with van der Waals surface area (Å²) >= 11 is 3.50. The summed E-state index contributed by atoms with van der Waals surface area (Å²) in [5.41, 5.74) is 0.965. The Labute approximate surface area is 122 Å². The van der Waals surface area contributed by atoms with Crippen molar-refractivity contribution < 1.29 is 4.42 Å². The predicted molar refractivity (Wildman–Crippen MR) is 82.3 cm³/mol. The Balaban J connectivity index is 1.68. The van der Waals surface area contributed by atoms with Crippen LogP contribution in [0.3, 0.4) is 0 Å². The van der Waals surface area contributed by atoms with Crippen LogP contribution in [0.25, 0.3) is 11.0 Å². The van der Waals surface area contributed by atoms with Crippen molar-refractivity contribution in [2.75, 3.05) is 6.54 Å². The summed E-state index contributed by atoms with van der Waals surface area (Å²) in [7, 11) is 0. The van der Waals surface area contributed by atoms with Gasteiger partial charge in [-0.05, 0) is 56.5 Å². The molecular formula is C16H20BrNO. The van der Waals surface area contributed by atoms with Gasteiger partial charge in [0.15, 0.2) is 0 Å². The van der Waals surface area contributed by atoms with Crippen LogP contribution >= 0.6 is 15.9 Å². The number of benzene rings is 1. The van der Waals surface area contributed by atoms with E-state index in [1.165, 1.54) is 31.1 Å². The minimum atomic E-state index is 0.284. The van der Waals surface area contributed by atoms with E-state index in [0.29, 0.717) is 0 Å². The Morgan fingerprint density at radius 1 is 1.32 bits per heavy atom. The van der Waals surface area contributed by atoms with E-state index in [2.05, 4.69) is 40.3 Å². The van der Waals surface area contributed by atoms with E-state index in [9.17, 15) is 0 Å². The van der Waals surface area contributed by atoms with Crippen LogP contribution in [0.5, 0.6) is 0 Å². The first-order valence-corrected chi connectivity index (χ1v) is 7.94. The van der Waals surface area contributed by atoms with E-state index in [-0.39, 0.29) is 6.04 Å². The molecule has 1 N–H and O–H groups in total. The Kier molecular flexibility index (Phi) is 3.94. The van der Waals surface area contributed by atoms with Crippen molar-refractivity contribution in [2.24, 2.45) is 5.92 Å². The maximum Gasteiger partial charge on any atom is 0.134 e. The van der Waals surface area contributed by atoms with E-state index in [4.69, 9.17) is 4.42 Å². The second-order valence-corrected chi connectivity index (χ2v) is 6.53. The van der Waals surface area contributed by atoms with Crippen molar-refractivity contribution in [3.8, 4) is 0 Å². The molecule has 1 aliphatic carbocycles. The van der Waals surface area contributed by atoms with Crippen LogP contribution < -0.4 is 5.32 Å².